The third-order valence-electron chi connectivity index (χ3n) is 3.17. The minimum absolute atomic E-state index is 0.0281. The van der Waals surface area contributed by atoms with E-state index in [1.54, 1.807) is 18.7 Å². The van der Waals surface area contributed by atoms with Crippen LogP contribution in [0.4, 0.5) is 4.79 Å². The number of hydrogen-bond donors (Lipinski definition) is 1. The smallest absolute Gasteiger partial charge is 0.409 e. The molecule has 0 saturated carbocycles. The van der Waals surface area contributed by atoms with Gasteiger partial charge in [-0.25, -0.2) is 9.78 Å². The number of aryl methyl sites for hydroxylation is 1. The SMILES string of the molecule is CCOC(=O)N1CCC(NC(=O)c2ncc(C)o2)CC1. The fraction of sp³-hybridized carbons (Fsp3) is 0.615. The second-order valence-electron chi connectivity index (χ2n) is 4.71. The van der Waals surface area contributed by atoms with Crippen LogP contribution in [-0.4, -0.2) is 47.6 Å². The summed E-state index contributed by atoms with van der Waals surface area (Å²) in [6.07, 6.45) is 2.62. The van der Waals surface area contributed by atoms with Gasteiger partial charge in [-0.2, -0.15) is 0 Å². The largest absolute Gasteiger partial charge is 0.450 e. The monoisotopic (exact) mass is 281 g/mol. The molecule has 0 aromatic carbocycles. The first-order valence-electron chi connectivity index (χ1n) is 6.75. The van der Waals surface area contributed by atoms with Gasteiger partial charge in [0.25, 0.3) is 5.89 Å². The lowest BCUT2D eigenvalue weighted by Crippen LogP contribution is -2.46. The van der Waals surface area contributed by atoms with Gasteiger partial charge in [-0.05, 0) is 26.7 Å². The van der Waals surface area contributed by atoms with Crippen LogP contribution in [0.15, 0.2) is 10.6 Å². The molecule has 110 valence electrons. The van der Waals surface area contributed by atoms with E-state index in [1.165, 1.54) is 6.20 Å². The molecule has 7 heteroatoms. The van der Waals surface area contributed by atoms with Gasteiger partial charge in [0.15, 0.2) is 0 Å². The number of ether oxygens (including phenoxy) is 1. The highest BCUT2D eigenvalue weighted by Crippen LogP contribution is 2.12. The highest BCUT2D eigenvalue weighted by atomic mass is 16.6. The zero-order valence-electron chi connectivity index (χ0n) is 11.7. The summed E-state index contributed by atoms with van der Waals surface area (Å²) in [7, 11) is 0. The van der Waals surface area contributed by atoms with E-state index in [-0.39, 0.29) is 23.9 Å². The van der Waals surface area contributed by atoms with Gasteiger partial charge in [-0.15, -0.1) is 0 Å². The zero-order valence-corrected chi connectivity index (χ0v) is 11.7. The minimum atomic E-state index is -0.312. The minimum Gasteiger partial charge on any atom is -0.450 e. The van der Waals surface area contributed by atoms with Crippen LogP contribution < -0.4 is 5.32 Å². The number of likely N-dealkylation sites (tertiary alicyclic amines) is 1. The van der Waals surface area contributed by atoms with E-state index >= 15 is 0 Å². The normalized spacial score (nSPS) is 16.0. The van der Waals surface area contributed by atoms with Crippen molar-refractivity contribution in [2.24, 2.45) is 0 Å². The molecule has 0 unspecified atom stereocenters. The third kappa shape index (κ3) is 3.49. The Bertz CT molecular complexity index is 478. The van der Waals surface area contributed by atoms with Crippen LogP contribution in [0.25, 0.3) is 0 Å². The first kappa shape index (κ1) is 14.4. The summed E-state index contributed by atoms with van der Waals surface area (Å²) < 4.78 is 10.1. The quantitative estimate of drug-likeness (QED) is 0.903. The van der Waals surface area contributed by atoms with E-state index in [1.807, 2.05) is 0 Å². The first-order valence-corrected chi connectivity index (χ1v) is 6.75. The van der Waals surface area contributed by atoms with Crippen molar-refractivity contribution < 1.29 is 18.7 Å². The second kappa shape index (κ2) is 6.40. The van der Waals surface area contributed by atoms with Crippen LogP contribution in [-0.2, 0) is 4.74 Å². The van der Waals surface area contributed by atoms with Crippen molar-refractivity contribution in [3.05, 3.63) is 17.8 Å². The topological polar surface area (TPSA) is 84.7 Å². The highest BCUT2D eigenvalue weighted by molar-refractivity contribution is 5.89. The number of carbonyl (C=O) groups excluding carboxylic acids is 2. The zero-order chi connectivity index (χ0) is 14.5. The second-order valence-corrected chi connectivity index (χ2v) is 4.71. The van der Waals surface area contributed by atoms with Crippen LogP contribution in [0.2, 0.25) is 0 Å². The lowest BCUT2D eigenvalue weighted by atomic mass is 10.1. The molecule has 0 aliphatic carbocycles. The molecule has 1 aliphatic rings. The molecule has 1 N–H and O–H groups in total. The standard InChI is InChI=1S/C13H19N3O4/c1-3-19-13(18)16-6-4-10(5-7-16)15-11(17)12-14-8-9(2)20-12/h8,10H,3-7H2,1-2H3,(H,15,17). The summed E-state index contributed by atoms with van der Waals surface area (Å²) in [6, 6.07) is 0.0281. The predicted molar refractivity (Wildman–Crippen MR) is 70.3 cm³/mol. The van der Waals surface area contributed by atoms with E-state index in [0.717, 1.165) is 0 Å². The first-order chi connectivity index (χ1) is 9.60. The predicted octanol–water partition coefficient (Wildman–Crippen LogP) is 1.33. The third-order valence-corrected chi connectivity index (χ3v) is 3.17. The molecule has 20 heavy (non-hydrogen) atoms. The molecular formula is C13H19N3O4. The number of amides is 2. The number of nitrogens with one attached hydrogen (secondary N) is 1. The maximum Gasteiger partial charge on any atom is 0.409 e. The average Bonchev–Trinajstić information content (AvgIpc) is 2.86. The average molecular weight is 281 g/mol. The number of piperidine rings is 1. The Balaban J connectivity index is 1.80. The van der Waals surface area contributed by atoms with Crippen LogP contribution in [0.3, 0.4) is 0 Å². The van der Waals surface area contributed by atoms with Gasteiger partial charge in [0.2, 0.25) is 0 Å². The van der Waals surface area contributed by atoms with Gasteiger partial charge in [-0.1, -0.05) is 0 Å². The van der Waals surface area contributed by atoms with Gasteiger partial charge < -0.3 is 19.4 Å². The van der Waals surface area contributed by atoms with Gasteiger partial charge in [0.1, 0.15) is 5.76 Å². The molecule has 0 atom stereocenters. The molecule has 0 radical (unpaired) electrons. The molecule has 1 fully saturated rings. The van der Waals surface area contributed by atoms with Crippen molar-refractivity contribution in [1.29, 1.82) is 0 Å². The molecule has 0 bridgehead atoms. The van der Waals surface area contributed by atoms with Crippen LogP contribution in [0.5, 0.6) is 0 Å². The summed E-state index contributed by atoms with van der Waals surface area (Å²) in [5, 5.41) is 2.87. The van der Waals surface area contributed by atoms with Crippen molar-refractivity contribution in [2.75, 3.05) is 19.7 Å². The van der Waals surface area contributed by atoms with Crippen molar-refractivity contribution in [3.63, 3.8) is 0 Å². The molecular weight excluding hydrogens is 262 g/mol. The maximum absolute atomic E-state index is 11.9. The number of aromatic nitrogens is 1. The van der Waals surface area contributed by atoms with Crippen LogP contribution in [0.1, 0.15) is 36.2 Å². The van der Waals surface area contributed by atoms with Gasteiger partial charge in [0, 0.05) is 19.1 Å². The Hall–Kier alpha value is -2.05. The fourth-order valence-corrected chi connectivity index (χ4v) is 2.13. The Morgan fingerprint density at radius 2 is 2.20 bits per heavy atom. The van der Waals surface area contributed by atoms with Crippen molar-refractivity contribution in [1.82, 2.24) is 15.2 Å². The van der Waals surface area contributed by atoms with Crippen LogP contribution in [0, 0.1) is 6.92 Å². The number of rotatable bonds is 3. The van der Waals surface area contributed by atoms with Crippen molar-refractivity contribution >= 4 is 12.0 Å². The Morgan fingerprint density at radius 1 is 1.50 bits per heavy atom. The van der Waals surface area contributed by atoms with E-state index in [9.17, 15) is 9.59 Å². The Morgan fingerprint density at radius 3 is 2.75 bits per heavy atom. The Labute approximate surface area is 117 Å². The van der Waals surface area contributed by atoms with Gasteiger partial charge in [-0.3, -0.25) is 4.79 Å². The van der Waals surface area contributed by atoms with E-state index < -0.39 is 0 Å². The lowest BCUT2D eigenvalue weighted by molar-refractivity contribution is 0.0834. The molecule has 7 nitrogen and oxygen atoms in total. The van der Waals surface area contributed by atoms with E-state index in [4.69, 9.17) is 9.15 Å². The number of oxazole rings is 1. The molecule has 1 aliphatic heterocycles. The number of nitrogens with zero attached hydrogens (tertiary/aromatic N) is 2. The maximum atomic E-state index is 11.9. The molecule has 1 saturated heterocycles. The molecule has 1 aromatic heterocycles. The number of hydrogen-bond acceptors (Lipinski definition) is 5. The van der Waals surface area contributed by atoms with Gasteiger partial charge in [0.05, 0.1) is 12.8 Å². The Kier molecular flexibility index (Phi) is 4.60. The number of carbonyl (C=O) groups is 2. The highest BCUT2D eigenvalue weighted by Gasteiger charge is 2.25. The summed E-state index contributed by atoms with van der Waals surface area (Å²) in [5.74, 6) is 0.371. The summed E-state index contributed by atoms with van der Waals surface area (Å²) in [4.78, 5) is 29.0. The summed E-state index contributed by atoms with van der Waals surface area (Å²) in [6.45, 7) is 5.05. The van der Waals surface area contributed by atoms with E-state index in [2.05, 4.69) is 10.3 Å². The van der Waals surface area contributed by atoms with Gasteiger partial charge >= 0.3 is 12.0 Å². The van der Waals surface area contributed by atoms with Crippen LogP contribution >= 0.6 is 0 Å². The van der Waals surface area contributed by atoms with E-state index in [0.29, 0.717) is 38.3 Å². The fourth-order valence-electron chi connectivity index (χ4n) is 2.13. The molecule has 1 aromatic rings. The van der Waals surface area contributed by atoms with Crippen molar-refractivity contribution in [2.45, 2.75) is 32.7 Å². The lowest BCUT2D eigenvalue weighted by Gasteiger charge is -2.31. The molecule has 2 amide bonds. The summed E-state index contributed by atoms with van der Waals surface area (Å²) in [5.41, 5.74) is 0. The summed E-state index contributed by atoms with van der Waals surface area (Å²) >= 11 is 0. The molecule has 2 heterocycles. The molecule has 2 rings (SSSR count). The van der Waals surface area contributed by atoms with Crippen molar-refractivity contribution in [3.8, 4) is 0 Å². The molecule has 0 spiro atoms.